The van der Waals surface area contributed by atoms with Gasteiger partial charge in [-0.15, -0.1) is 0 Å². The van der Waals surface area contributed by atoms with Gasteiger partial charge in [0.25, 0.3) is 5.91 Å². The molecule has 0 aliphatic rings. The number of carbonyl (C=O) groups is 1. The maximum atomic E-state index is 11.9. The van der Waals surface area contributed by atoms with Crippen LogP contribution in [-0.2, 0) is 0 Å². The Balaban J connectivity index is 2.23. The van der Waals surface area contributed by atoms with Crippen LogP contribution in [0.15, 0.2) is 34.9 Å². The lowest BCUT2D eigenvalue weighted by Crippen LogP contribution is -2.13. The van der Waals surface area contributed by atoms with Gasteiger partial charge in [0.2, 0.25) is 5.22 Å². The fourth-order valence-corrected chi connectivity index (χ4v) is 1.97. The summed E-state index contributed by atoms with van der Waals surface area (Å²) in [5.74, 6) is -0.413. The third-order valence-electron chi connectivity index (χ3n) is 2.36. The molecule has 0 bridgehead atoms. The molecule has 0 aliphatic carbocycles. The summed E-state index contributed by atoms with van der Waals surface area (Å²) < 4.78 is 4.84. The van der Waals surface area contributed by atoms with Crippen LogP contribution in [-0.4, -0.2) is 10.9 Å². The van der Waals surface area contributed by atoms with Crippen molar-refractivity contribution in [2.45, 2.75) is 0 Å². The predicted molar refractivity (Wildman–Crippen MR) is 79.0 cm³/mol. The van der Waals surface area contributed by atoms with Crippen LogP contribution in [0.2, 0.25) is 10.2 Å². The van der Waals surface area contributed by atoms with Crippen LogP contribution >= 0.6 is 35.4 Å². The number of thiocarbonyl (C=S) groups is 1. The van der Waals surface area contributed by atoms with Gasteiger partial charge in [-0.2, -0.15) is 0 Å². The smallest absolute Gasteiger partial charge is 0.260 e. The summed E-state index contributed by atoms with van der Waals surface area (Å²) in [5.41, 5.74) is 6.78. The average Bonchev–Trinajstić information content (AvgIpc) is 2.77. The second kappa shape index (κ2) is 5.61. The number of halogens is 2. The van der Waals surface area contributed by atoms with Crippen LogP contribution in [0.3, 0.4) is 0 Å². The van der Waals surface area contributed by atoms with E-state index in [9.17, 15) is 4.79 Å². The van der Waals surface area contributed by atoms with Crippen molar-refractivity contribution in [2.24, 2.45) is 5.73 Å². The molecular formula is C12H8Cl2N2O2S. The number of nitrogens with one attached hydrogen (secondary N) is 1. The van der Waals surface area contributed by atoms with Crippen molar-refractivity contribution >= 4 is 52.0 Å². The molecule has 4 nitrogen and oxygen atoms in total. The zero-order valence-electron chi connectivity index (χ0n) is 9.44. The number of anilines is 1. The van der Waals surface area contributed by atoms with E-state index in [2.05, 4.69) is 5.32 Å². The van der Waals surface area contributed by atoms with Crippen molar-refractivity contribution in [3.63, 3.8) is 0 Å². The maximum absolute atomic E-state index is 11.9. The standard InChI is InChI=1S/C12H8Cl2N2O2S/c13-8-5-6(11(15)19)1-2-9(8)16-12(17)7-3-4-18-10(7)14/h1-5H,(H2,15,19)(H,16,17). The van der Waals surface area contributed by atoms with E-state index in [4.69, 9.17) is 45.6 Å². The average molecular weight is 315 g/mol. The summed E-state index contributed by atoms with van der Waals surface area (Å²) in [6.07, 6.45) is 1.33. The lowest BCUT2D eigenvalue weighted by molar-refractivity contribution is 0.102. The maximum Gasteiger partial charge on any atom is 0.260 e. The summed E-state index contributed by atoms with van der Waals surface area (Å²) in [6.45, 7) is 0. The molecule has 0 aliphatic heterocycles. The van der Waals surface area contributed by atoms with Crippen LogP contribution in [0, 0.1) is 0 Å². The molecule has 1 amide bonds. The van der Waals surface area contributed by atoms with Crippen molar-refractivity contribution in [1.82, 2.24) is 0 Å². The number of furan rings is 1. The van der Waals surface area contributed by atoms with Crippen LogP contribution < -0.4 is 11.1 Å². The van der Waals surface area contributed by atoms with Gasteiger partial charge in [0, 0.05) is 5.56 Å². The Labute approximate surface area is 124 Å². The molecular weight excluding hydrogens is 307 g/mol. The number of carbonyl (C=O) groups excluding carboxylic acids is 1. The molecule has 2 aromatic rings. The fourth-order valence-electron chi connectivity index (χ4n) is 1.42. The molecule has 0 saturated carbocycles. The first kappa shape index (κ1) is 13.9. The minimum atomic E-state index is -0.413. The SMILES string of the molecule is NC(=S)c1ccc(NC(=O)c2ccoc2Cl)c(Cl)c1. The first-order valence-corrected chi connectivity index (χ1v) is 6.29. The molecule has 0 spiro atoms. The van der Waals surface area contributed by atoms with Crippen molar-refractivity contribution in [2.75, 3.05) is 5.32 Å². The molecule has 0 saturated heterocycles. The lowest BCUT2D eigenvalue weighted by atomic mass is 10.2. The second-order valence-corrected chi connectivity index (χ2v) is 4.81. The molecule has 0 radical (unpaired) electrons. The zero-order chi connectivity index (χ0) is 14.0. The Morgan fingerprint density at radius 3 is 2.58 bits per heavy atom. The summed E-state index contributed by atoms with van der Waals surface area (Å²) in [6, 6.07) is 6.33. The van der Waals surface area contributed by atoms with Gasteiger partial charge in [-0.25, -0.2) is 0 Å². The first-order valence-electron chi connectivity index (χ1n) is 5.12. The van der Waals surface area contributed by atoms with Gasteiger partial charge in [-0.05, 0) is 35.9 Å². The van der Waals surface area contributed by atoms with E-state index in [1.54, 1.807) is 18.2 Å². The number of amides is 1. The van der Waals surface area contributed by atoms with E-state index >= 15 is 0 Å². The molecule has 0 atom stereocenters. The van der Waals surface area contributed by atoms with E-state index in [-0.39, 0.29) is 15.8 Å². The molecule has 0 fully saturated rings. The highest BCUT2D eigenvalue weighted by atomic mass is 35.5. The summed E-state index contributed by atoms with van der Waals surface area (Å²) in [5, 5.41) is 2.97. The molecule has 1 aromatic carbocycles. The quantitative estimate of drug-likeness (QED) is 0.851. The van der Waals surface area contributed by atoms with Gasteiger partial charge in [0.05, 0.1) is 22.5 Å². The Hall–Kier alpha value is -1.56. The third-order valence-corrected chi connectivity index (χ3v) is 3.21. The van der Waals surface area contributed by atoms with E-state index in [1.807, 2.05) is 0 Å². The van der Waals surface area contributed by atoms with E-state index in [1.165, 1.54) is 12.3 Å². The zero-order valence-corrected chi connectivity index (χ0v) is 11.8. The highest BCUT2D eigenvalue weighted by molar-refractivity contribution is 7.80. The van der Waals surface area contributed by atoms with Crippen molar-refractivity contribution in [3.8, 4) is 0 Å². The Bertz CT molecular complexity index is 655. The van der Waals surface area contributed by atoms with Gasteiger partial charge in [0.1, 0.15) is 4.99 Å². The topological polar surface area (TPSA) is 68.3 Å². The molecule has 2 rings (SSSR count). The number of hydrogen-bond acceptors (Lipinski definition) is 3. The Morgan fingerprint density at radius 2 is 2.05 bits per heavy atom. The highest BCUT2D eigenvalue weighted by Gasteiger charge is 2.14. The van der Waals surface area contributed by atoms with Gasteiger partial charge in [0.15, 0.2) is 0 Å². The van der Waals surface area contributed by atoms with E-state index in [0.717, 1.165) is 0 Å². The second-order valence-electron chi connectivity index (χ2n) is 3.62. The minimum Gasteiger partial charge on any atom is -0.452 e. The van der Waals surface area contributed by atoms with Gasteiger partial charge in [-0.3, -0.25) is 4.79 Å². The Morgan fingerprint density at radius 1 is 1.32 bits per heavy atom. The van der Waals surface area contributed by atoms with E-state index in [0.29, 0.717) is 16.3 Å². The van der Waals surface area contributed by atoms with Crippen molar-refractivity contribution in [3.05, 3.63) is 51.9 Å². The molecule has 19 heavy (non-hydrogen) atoms. The normalized spacial score (nSPS) is 10.2. The fraction of sp³-hybridized carbons (Fsp3) is 0. The molecule has 1 aromatic heterocycles. The molecule has 7 heteroatoms. The molecule has 1 heterocycles. The summed E-state index contributed by atoms with van der Waals surface area (Å²) in [4.78, 5) is 12.1. The summed E-state index contributed by atoms with van der Waals surface area (Å²) in [7, 11) is 0. The highest BCUT2D eigenvalue weighted by Crippen LogP contribution is 2.25. The van der Waals surface area contributed by atoms with Crippen LogP contribution in [0.1, 0.15) is 15.9 Å². The predicted octanol–water partition coefficient (Wildman–Crippen LogP) is 3.47. The van der Waals surface area contributed by atoms with Crippen molar-refractivity contribution in [1.29, 1.82) is 0 Å². The largest absolute Gasteiger partial charge is 0.452 e. The van der Waals surface area contributed by atoms with Crippen LogP contribution in [0.4, 0.5) is 5.69 Å². The lowest BCUT2D eigenvalue weighted by Gasteiger charge is -2.07. The number of benzene rings is 1. The first-order chi connectivity index (χ1) is 8.99. The van der Waals surface area contributed by atoms with Crippen molar-refractivity contribution < 1.29 is 9.21 Å². The minimum absolute atomic E-state index is 0.0216. The number of rotatable bonds is 3. The van der Waals surface area contributed by atoms with E-state index < -0.39 is 5.91 Å². The van der Waals surface area contributed by atoms with Crippen LogP contribution in [0.25, 0.3) is 0 Å². The monoisotopic (exact) mass is 314 g/mol. The van der Waals surface area contributed by atoms with Gasteiger partial charge in [-0.1, -0.05) is 23.8 Å². The number of nitrogens with two attached hydrogens (primary N) is 1. The Kier molecular flexibility index (Phi) is 4.09. The third kappa shape index (κ3) is 3.07. The molecule has 3 N–H and O–H groups in total. The van der Waals surface area contributed by atoms with Gasteiger partial charge < -0.3 is 15.5 Å². The molecule has 0 unspecified atom stereocenters. The molecule has 98 valence electrons. The number of hydrogen-bond donors (Lipinski definition) is 2. The summed E-state index contributed by atoms with van der Waals surface area (Å²) >= 11 is 16.6. The van der Waals surface area contributed by atoms with Gasteiger partial charge >= 0.3 is 0 Å². The van der Waals surface area contributed by atoms with Crippen LogP contribution in [0.5, 0.6) is 0 Å².